The van der Waals surface area contributed by atoms with Gasteiger partial charge in [-0.2, -0.15) is 0 Å². The van der Waals surface area contributed by atoms with Crippen molar-refractivity contribution >= 4 is 16.7 Å². The molecule has 0 spiro atoms. The monoisotopic (exact) mass is 230 g/mol. The maximum atomic E-state index is 11.7. The molecular formula is C14H14O3. The molecule has 88 valence electrons. The lowest BCUT2D eigenvalue weighted by Gasteiger charge is -2.05. The summed E-state index contributed by atoms with van der Waals surface area (Å²) in [6.07, 6.45) is 0. The van der Waals surface area contributed by atoms with E-state index in [2.05, 4.69) is 0 Å². The van der Waals surface area contributed by atoms with E-state index in [4.69, 9.17) is 9.47 Å². The predicted molar refractivity (Wildman–Crippen MR) is 66.1 cm³/mol. The number of carbonyl (C=O) groups is 1. The molecule has 0 aromatic heterocycles. The van der Waals surface area contributed by atoms with Crippen molar-refractivity contribution in [2.24, 2.45) is 0 Å². The summed E-state index contributed by atoms with van der Waals surface area (Å²) in [6.45, 7) is 0.696. The van der Waals surface area contributed by atoms with Gasteiger partial charge >= 0.3 is 5.97 Å². The Hall–Kier alpha value is -1.87. The van der Waals surface area contributed by atoms with Crippen LogP contribution in [0.4, 0.5) is 0 Å². The van der Waals surface area contributed by atoms with Crippen LogP contribution in [0, 0.1) is 0 Å². The van der Waals surface area contributed by atoms with Crippen LogP contribution in [0.5, 0.6) is 0 Å². The van der Waals surface area contributed by atoms with Crippen LogP contribution in [0.2, 0.25) is 0 Å². The van der Waals surface area contributed by atoms with Gasteiger partial charge in [-0.3, -0.25) is 0 Å². The Bertz CT molecular complexity index is 520. The predicted octanol–water partition coefficient (Wildman–Crippen LogP) is 2.64. The molecule has 2 aromatic carbocycles. The first-order chi connectivity index (χ1) is 8.31. The van der Waals surface area contributed by atoms with Crippen molar-refractivity contribution in [2.75, 3.05) is 20.3 Å². The Balaban J connectivity index is 2.15. The zero-order valence-electron chi connectivity index (χ0n) is 9.68. The lowest BCUT2D eigenvalue weighted by atomic mass is 10.1. The lowest BCUT2D eigenvalue weighted by Crippen LogP contribution is -2.09. The minimum atomic E-state index is -0.312. The quantitative estimate of drug-likeness (QED) is 0.598. The molecule has 0 amide bonds. The van der Waals surface area contributed by atoms with Crippen LogP contribution in [0.3, 0.4) is 0 Å². The standard InChI is InChI=1S/C14H14O3/c1-16-8-9-17-14(15)13-7-6-11-4-2-3-5-12(11)10-13/h2-7,10H,8-9H2,1H3. The molecule has 0 radical (unpaired) electrons. The molecule has 0 saturated heterocycles. The summed E-state index contributed by atoms with van der Waals surface area (Å²) in [7, 11) is 1.57. The molecule has 0 aliphatic heterocycles. The van der Waals surface area contributed by atoms with Crippen molar-refractivity contribution in [3.63, 3.8) is 0 Å². The molecule has 2 rings (SSSR count). The Morgan fingerprint density at radius 3 is 2.59 bits per heavy atom. The van der Waals surface area contributed by atoms with Crippen LogP contribution in [0.25, 0.3) is 10.8 Å². The van der Waals surface area contributed by atoms with Crippen LogP contribution >= 0.6 is 0 Å². The van der Waals surface area contributed by atoms with Gasteiger partial charge < -0.3 is 9.47 Å². The molecule has 0 saturated carbocycles. The smallest absolute Gasteiger partial charge is 0.338 e. The Kier molecular flexibility index (Phi) is 3.73. The minimum absolute atomic E-state index is 0.280. The lowest BCUT2D eigenvalue weighted by molar-refractivity contribution is 0.0388. The molecule has 0 aliphatic rings. The van der Waals surface area contributed by atoms with Crippen molar-refractivity contribution < 1.29 is 14.3 Å². The number of ether oxygens (including phenoxy) is 2. The maximum absolute atomic E-state index is 11.7. The van der Waals surface area contributed by atoms with Crippen molar-refractivity contribution in [3.05, 3.63) is 48.0 Å². The number of benzene rings is 2. The van der Waals surface area contributed by atoms with Crippen molar-refractivity contribution in [1.29, 1.82) is 0 Å². The summed E-state index contributed by atoms with van der Waals surface area (Å²) in [5.74, 6) is -0.312. The highest BCUT2D eigenvalue weighted by molar-refractivity contribution is 5.95. The van der Waals surface area contributed by atoms with E-state index >= 15 is 0 Å². The van der Waals surface area contributed by atoms with Gasteiger partial charge in [0, 0.05) is 7.11 Å². The first kappa shape index (κ1) is 11.6. The van der Waals surface area contributed by atoms with E-state index < -0.39 is 0 Å². The first-order valence-corrected chi connectivity index (χ1v) is 5.46. The van der Waals surface area contributed by atoms with Crippen molar-refractivity contribution in [3.8, 4) is 0 Å². The van der Waals surface area contributed by atoms with E-state index in [1.54, 1.807) is 13.2 Å². The van der Waals surface area contributed by atoms with E-state index in [0.29, 0.717) is 12.2 Å². The fourth-order valence-electron chi connectivity index (χ4n) is 1.62. The van der Waals surface area contributed by atoms with Crippen LogP contribution in [-0.4, -0.2) is 26.3 Å². The van der Waals surface area contributed by atoms with Gasteiger partial charge in [0.2, 0.25) is 0 Å². The molecule has 0 N–H and O–H groups in total. The van der Waals surface area contributed by atoms with Gasteiger partial charge in [-0.1, -0.05) is 30.3 Å². The van der Waals surface area contributed by atoms with Crippen molar-refractivity contribution in [2.45, 2.75) is 0 Å². The second kappa shape index (κ2) is 5.46. The zero-order chi connectivity index (χ0) is 12.1. The van der Waals surface area contributed by atoms with Gasteiger partial charge in [-0.05, 0) is 22.9 Å². The number of carbonyl (C=O) groups excluding carboxylic acids is 1. The second-order valence-corrected chi connectivity index (χ2v) is 3.69. The van der Waals surface area contributed by atoms with Crippen LogP contribution in [-0.2, 0) is 9.47 Å². The van der Waals surface area contributed by atoms with Gasteiger partial charge in [-0.15, -0.1) is 0 Å². The van der Waals surface area contributed by atoms with E-state index in [9.17, 15) is 4.79 Å². The number of hydrogen-bond donors (Lipinski definition) is 0. The molecule has 2 aromatic rings. The topological polar surface area (TPSA) is 35.5 Å². The molecule has 0 atom stereocenters. The number of hydrogen-bond acceptors (Lipinski definition) is 3. The van der Waals surface area contributed by atoms with E-state index in [1.807, 2.05) is 36.4 Å². The second-order valence-electron chi connectivity index (χ2n) is 3.69. The highest BCUT2D eigenvalue weighted by atomic mass is 16.6. The molecule has 3 heteroatoms. The molecule has 0 heterocycles. The normalized spacial score (nSPS) is 10.4. The number of esters is 1. The van der Waals surface area contributed by atoms with Gasteiger partial charge in [0.1, 0.15) is 6.61 Å². The number of fused-ring (bicyclic) bond motifs is 1. The Morgan fingerprint density at radius 2 is 1.82 bits per heavy atom. The highest BCUT2D eigenvalue weighted by Crippen LogP contribution is 2.16. The summed E-state index contributed by atoms with van der Waals surface area (Å²) in [5.41, 5.74) is 0.569. The summed E-state index contributed by atoms with van der Waals surface area (Å²) < 4.78 is 9.87. The largest absolute Gasteiger partial charge is 0.460 e. The third-order valence-electron chi connectivity index (χ3n) is 2.51. The SMILES string of the molecule is COCCOC(=O)c1ccc2ccccc2c1. The first-order valence-electron chi connectivity index (χ1n) is 5.46. The number of rotatable bonds is 4. The molecule has 0 unspecified atom stereocenters. The van der Waals surface area contributed by atoms with E-state index in [1.165, 1.54) is 0 Å². The Labute approximate surface area is 100.0 Å². The Morgan fingerprint density at radius 1 is 1.06 bits per heavy atom. The summed E-state index contributed by atoms with van der Waals surface area (Å²) >= 11 is 0. The molecule has 0 fully saturated rings. The average Bonchev–Trinajstić information content (AvgIpc) is 2.38. The van der Waals surface area contributed by atoms with E-state index in [-0.39, 0.29) is 12.6 Å². The maximum Gasteiger partial charge on any atom is 0.338 e. The van der Waals surface area contributed by atoms with Crippen molar-refractivity contribution in [1.82, 2.24) is 0 Å². The van der Waals surface area contributed by atoms with Crippen LogP contribution in [0.1, 0.15) is 10.4 Å². The summed E-state index contributed by atoms with van der Waals surface area (Å²) in [6, 6.07) is 13.4. The minimum Gasteiger partial charge on any atom is -0.460 e. The van der Waals surface area contributed by atoms with E-state index in [0.717, 1.165) is 10.8 Å². The molecule has 3 nitrogen and oxygen atoms in total. The highest BCUT2D eigenvalue weighted by Gasteiger charge is 2.07. The van der Waals surface area contributed by atoms with Gasteiger partial charge in [0.05, 0.1) is 12.2 Å². The molecular weight excluding hydrogens is 216 g/mol. The zero-order valence-corrected chi connectivity index (χ0v) is 9.68. The van der Waals surface area contributed by atoms with Gasteiger partial charge in [0.15, 0.2) is 0 Å². The third-order valence-corrected chi connectivity index (χ3v) is 2.51. The summed E-state index contributed by atoms with van der Waals surface area (Å²) in [4.78, 5) is 11.7. The van der Waals surface area contributed by atoms with Crippen LogP contribution in [0.15, 0.2) is 42.5 Å². The average molecular weight is 230 g/mol. The third kappa shape index (κ3) is 2.82. The molecule has 0 aliphatic carbocycles. The molecule has 17 heavy (non-hydrogen) atoms. The number of methoxy groups -OCH3 is 1. The fraction of sp³-hybridized carbons (Fsp3) is 0.214. The van der Waals surface area contributed by atoms with Crippen LogP contribution < -0.4 is 0 Å². The molecule has 0 bridgehead atoms. The van der Waals surface area contributed by atoms with Gasteiger partial charge in [0.25, 0.3) is 0 Å². The van der Waals surface area contributed by atoms with Gasteiger partial charge in [-0.25, -0.2) is 4.79 Å². The summed E-state index contributed by atoms with van der Waals surface area (Å²) in [5, 5.41) is 2.15. The fourth-order valence-corrected chi connectivity index (χ4v) is 1.62.